The van der Waals surface area contributed by atoms with Gasteiger partial charge >= 0.3 is 0 Å². The van der Waals surface area contributed by atoms with Gasteiger partial charge in [-0.2, -0.15) is 0 Å². The first kappa shape index (κ1) is 17.9. The van der Waals surface area contributed by atoms with E-state index in [1.165, 1.54) is 52.1 Å². The van der Waals surface area contributed by atoms with Gasteiger partial charge in [-0.25, -0.2) is 0 Å². The van der Waals surface area contributed by atoms with Crippen LogP contribution in [0.4, 0.5) is 0 Å². The SMILES string of the molecule is CC(C)CN1CCCC1.CCN(CC)CC(C)C. The fourth-order valence-electron chi connectivity index (χ4n) is 2.48. The van der Waals surface area contributed by atoms with Crippen molar-refractivity contribution < 1.29 is 0 Å². The maximum Gasteiger partial charge on any atom is 0.000438 e. The monoisotopic (exact) mass is 256 g/mol. The fourth-order valence-corrected chi connectivity index (χ4v) is 2.48. The molecule has 2 heteroatoms. The smallest absolute Gasteiger partial charge is 0.000438 e. The molecule has 0 saturated carbocycles. The number of likely N-dealkylation sites (tertiary alicyclic amines) is 1. The third kappa shape index (κ3) is 9.90. The van der Waals surface area contributed by atoms with E-state index >= 15 is 0 Å². The Kier molecular flexibility index (Phi) is 10.8. The molecule has 0 aliphatic carbocycles. The van der Waals surface area contributed by atoms with E-state index in [-0.39, 0.29) is 0 Å². The molecule has 110 valence electrons. The topological polar surface area (TPSA) is 6.48 Å². The van der Waals surface area contributed by atoms with Crippen LogP contribution < -0.4 is 0 Å². The van der Waals surface area contributed by atoms with Crippen molar-refractivity contribution in [2.75, 3.05) is 39.3 Å². The molecule has 0 aromatic rings. The lowest BCUT2D eigenvalue weighted by atomic mass is 10.2. The highest BCUT2D eigenvalue weighted by atomic mass is 15.1. The minimum Gasteiger partial charge on any atom is -0.304 e. The van der Waals surface area contributed by atoms with Crippen LogP contribution in [-0.4, -0.2) is 49.1 Å². The predicted octanol–water partition coefficient (Wildman–Crippen LogP) is 3.72. The Bertz CT molecular complexity index is 160. The second-order valence-corrected chi connectivity index (χ2v) is 6.28. The van der Waals surface area contributed by atoms with Crippen molar-refractivity contribution in [1.82, 2.24) is 9.80 Å². The molecule has 0 spiro atoms. The molecule has 0 N–H and O–H groups in total. The van der Waals surface area contributed by atoms with Gasteiger partial charge in [0, 0.05) is 13.1 Å². The molecule has 1 aliphatic rings. The summed E-state index contributed by atoms with van der Waals surface area (Å²) in [5.41, 5.74) is 0. The summed E-state index contributed by atoms with van der Waals surface area (Å²) in [7, 11) is 0. The highest BCUT2D eigenvalue weighted by Crippen LogP contribution is 2.09. The minimum atomic E-state index is 0.810. The van der Waals surface area contributed by atoms with Gasteiger partial charge in [0.15, 0.2) is 0 Å². The van der Waals surface area contributed by atoms with E-state index in [1.807, 2.05) is 0 Å². The van der Waals surface area contributed by atoms with Crippen molar-refractivity contribution in [2.24, 2.45) is 11.8 Å². The van der Waals surface area contributed by atoms with E-state index in [0.29, 0.717) is 0 Å². The summed E-state index contributed by atoms with van der Waals surface area (Å²) in [5, 5.41) is 0. The Morgan fingerprint density at radius 2 is 1.39 bits per heavy atom. The Hall–Kier alpha value is -0.0800. The van der Waals surface area contributed by atoms with Gasteiger partial charge in [0.25, 0.3) is 0 Å². The zero-order chi connectivity index (χ0) is 14.0. The molecule has 0 aromatic carbocycles. The Labute approximate surface area is 116 Å². The average Bonchev–Trinajstić information content (AvgIpc) is 2.78. The molecule has 0 atom stereocenters. The molecule has 0 amide bonds. The second-order valence-electron chi connectivity index (χ2n) is 6.28. The van der Waals surface area contributed by atoms with E-state index in [0.717, 1.165) is 11.8 Å². The normalized spacial score (nSPS) is 16.5. The molecule has 1 fully saturated rings. The third-order valence-corrected chi connectivity index (χ3v) is 3.34. The molecule has 0 unspecified atom stereocenters. The maximum absolute atomic E-state index is 2.56. The first-order valence-corrected chi connectivity index (χ1v) is 7.94. The third-order valence-electron chi connectivity index (χ3n) is 3.34. The van der Waals surface area contributed by atoms with Gasteiger partial charge in [-0.3, -0.25) is 0 Å². The minimum absolute atomic E-state index is 0.810. The molecule has 1 heterocycles. The Morgan fingerprint density at radius 3 is 1.67 bits per heavy atom. The van der Waals surface area contributed by atoms with E-state index in [9.17, 15) is 0 Å². The van der Waals surface area contributed by atoms with E-state index in [1.54, 1.807) is 0 Å². The lowest BCUT2D eigenvalue weighted by Gasteiger charge is -2.19. The van der Waals surface area contributed by atoms with Crippen LogP contribution in [0.15, 0.2) is 0 Å². The lowest BCUT2D eigenvalue weighted by molar-refractivity contribution is 0.269. The summed E-state index contributed by atoms with van der Waals surface area (Å²) in [6, 6.07) is 0. The van der Waals surface area contributed by atoms with E-state index < -0.39 is 0 Å². The molecule has 0 radical (unpaired) electrons. The van der Waals surface area contributed by atoms with Crippen molar-refractivity contribution in [2.45, 2.75) is 54.4 Å². The number of nitrogens with zero attached hydrogens (tertiary/aromatic N) is 2. The standard InChI is InChI=1S/C8H17N.C8H19N/c1-8(2)7-9-5-3-4-6-9;1-5-9(6-2)7-8(3)4/h8H,3-7H2,1-2H3;8H,5-7H2,1-4H3. The van der Waals surface area contributed by atoms with Crippen molar-refractivity contribution in [3.05, 3.63) is 0 Å². The van der Waals surface area contributed by atoms with Crippen molar-refractivity contribution in [3.8, 4) is 0 Å². The van der Waals surface area contributed by atoms with Gasteiger partial charge < -0.3 is 9.80 Å². The number of hydrogen-bond donors (Lipinski definition) is 0. The van der Waals surface area contributed by atoms with Crippen LogP contribution in [0.3, 0.4) is 0 Å². The molecule has 2 nitrogen and oxygen atoms in total. The lowest BCUT2D eigenvalue weighted by Crippen LogP contribution is -2.26. The zero-order valence-electron chi connectivity index (χ0n) is 13.7. The fraction of sp³-hybridized carbons (Fsp3) is 1.00. The first-order valence-electron chi connectivity index (χ1n) is 7.94. The van der Waals surface area contributed by atoms with E-state index in [2.05, 4.69) is 51.3 Å². The van der Waals surface area contributed by atoms with Crippen LogP contribution in [0.25, 0.3) is 0 Å². The summed E-state index contributed by atoms with van der Waals surface area (Å²) < 4.78 is 0. The van der Waals surface area contributed by atoms with Crippen molar-refractivity contribution in [3.63, 3.8) is 0 Å². The van der Waals surface area contributed by atoms with Gasteiger partial charge in [0.05, 0.1) is 0 Å². The highest BCUT2D eigenvalue weighted by Gasteiger charge is 2.11. The van der Waals surface area contributed by atoms with Crippen LogP contribution in [0.5, 0.6) is 0 Å². The van der Waals surface area contributed by atoms with Crippen LogP contribution in [-0.2, 0) is 0 Å². The Balaban J connectivity index is 0.000000321. The van der Waals surface area contributed by atoms with Crippen molar-refractivity contribution >= 4 is 0 Å². The second kappa shape index (κ2) is 10.8. The van der Waals surface area contributed by atoms with Crippen LogP contribution in [0, 0.1) is 11.8 Å². The molecule has 0 bridgehead atoms. The molecule has 1 saturated heterocycles. The number of rotatable bonds is 6. The molecule has 0 aromatic heterocycles. The zero-order valence-corrected chi connectivity index (χ0v) is 13.7. The Morgan fingerprint density at radius 1 is 0.889 bits per heavy atom. The van der Waals surface area contributed by atoms with Crippen LogP contribution in [0.1, 0.15) is 54.4 Å². The van der Waals surface area contributed by atoms with Crippen LogP contribution >= 0.6 is 0 Å². The van der Waals surface area contributed by atoms with Crippen LogP contribution in [0.2, 0.25) is 0 Å². The molecular formula is C16H36N2. The molecule has 1 aliphatic heterocycles. The summed E-state index contributed by atoms with van der Waals surface area (Å²) in [6.07, 6.45) is 2.85. The van der Waals surface area contributed by atoms with E-state index in [4.69, 9.17) is 0 Å². The highest BCUT2D eigenvalue weighted by molar-refractivity contribution is 4.66. The summed E-state index contributed by atoms with van der Waals surface area (Å²) in [4.78, 5) is 5.01. The van der Waals surface area contributed by atoms with Gasteiger partial charge in [-0.1, -0.05) is 41.5 Å². The van der Waals surface area contributed by atoms with Gasteiger partial charge in [-0.05, 0) is 50.9 Å². The first-order chi connectivity index (χ1) is 8.49. The van der Waals surface area contributed by atoms with Gasteiger partial charge in [-0.15, -0.1) is 0 Å². The summed E-state index contributed by atoms with van der Waals surface area (Å²) in [5.74, 6) is 1.66. The van der Waals surface area contributed by atoms with Gasteiger partial charge in [0.1, 0.15) is 0 Å². The average molecular weight is 256 g/mol. The predicted molar refractivity (Wildman–Crippen MR) is 83.1 cm³/mol. The maximum atomic E-state index is 2.56. The number of hydrogen-bond acceptors (Lipinski definition) is 2. The van der Waals surface area contributed by atoms with Gasteiger partial charge in [0.2, 0.25) is 0 Å². The molecule has 18 heavy (non-hydrogen) atoms. The summed E-state index contributed by atoms with van der Waals surface area (Å²) in [6.45, 7) is 21.2. The summed E-state index contributed by atoms with van der Waals surface area (Å²) >= 11 is 0. The van der Waals surface area contributed by atoms with Crippen molar-refractivity contribution in [1.29, 1.82) is 0 Å². The molecule has 1 rings (SSSR count). The molecular weight excluding hydrogens is 220 g/mol. The quantitative estimate of drug-likeness (QED) is 0.714. The largest absolute Gasteiger partial charge is 0.304 e.